The van der Waals surface area contributed by atoms with E-state index in [0.29, 0.717) is 0 Å². The van der Waals surface area contributed by atoms with Crippen LogP contribution in [0.5, 0.6) is 0 Å². The van der Waals surface area contributed by atoms with Crippen molar-refractivity contribution in [2.45, 2.75) is 0 Å². The van der Waals surface area contributed by atoms with Gasteiger partial charge in [0.15, 0.2) is 0 Å². The predicted molar refractivity (Wildman–Crippen MR) is 50.7 cm³/mol. The van der Waals surface area contributed by atoms with Crippen LogP contribution in [0.25, 0.3) is 16.2 Å². The van der Waals surface area contributed by atoms with Crippen LogP contribution in [0.1, 0.15) is 0 Å². The summed E-state index contributed by atoms with van der Waals surface area (Å²) in [5.74, 6) is 0. The zero-order chi connectivity index (χ0) is 8.39. The van der Waals surface area contributed by atoms with Crippen molar-refractivity contribution in [3.05, 3.63) is 41.8 Å². The van der Waals surface area contributed by atoms with E-state index in [4.69, 9.17) is 0 Å². The molecule has 1 heterocycles. The summed E-state index contributed by atoms with van der Waals surface area (Å²) in [4.78, 5) is 4.26. The van der Waals surface area contributed by atoms with Crippen LogP contribution in [0.4, 0.5) is 5.69 Å². The molecule has 0 saturated carbocycles. The number of pyridine rings is 1. The highest BCUT2D eigenvalue weighted by atomic mass is 14.8. The second-order valence-corrected chi connectivity index (χ2v) is 2.61. The molecule has 2 nitrogen and oxygen atoms in total. The van der Waals surface area contributed by atoms with E-state index in [2.05, 4.69) is 10.3 Å². The Balaban J connectivity index is 2.67. The van der Waals surface area contributed by atoms with Gasteiger partial charge in [0.1, 0.15) is 0 Å². The fraction of sp³-hybridized carbons (Fsp3) is 0.100. The molecule has 0 aliphatic rings. The summed E-state index contributed by atoms with van der Waals surface area (Å²) in [5.41, 5.74) is 1.94. The monoisotopic (exact) mass is 157 g/mol. The highest BCUT2D eigenvalue weighted by molar-refractivity contribution is 5.81. The van der Waals surface area contributed by atoms with E-state index in [-0.39, 0.29) is 0 Å². The third-order valence-electron chi connectivity index (χ3n) is 1.83. The quantitative estimate of drug-likeness (QED) is 0.625. The fourth-order valence-corrected chi connectivity index (χ4v) is 1.18. The van der Waals surface area contributed by atoms with Gasteiger partial charge in [-0.1, -0.05) is 24.3 Å². The van der Waals surface area contributed by atoms with Crippen molar-refractivity contribution in [1.82, 2.24) is 4.98 Å². The van der Waals surface area contributed by atoms with Gasteiger partial charge in [-0.2, -0.15) is 0 Å². The van der Waals surface area contributed by atoms with Crippen LogP contribution in [0, 0.1) is 0 Å². The Morgan fingerprint density at radius 2 is 2.08 bits per heavy atom. The lowest BCUT2D eigenvalue weighted by atomic mass is 10.2. The van der Waals surface area contributed by atoms with E-state index in [1.54, 1.807) is 13.2 Å². The van der Waals surface area contributed by atoms with E-state index < -0.39 is 0 Å². The molecule has 0 aliphatic carbocycles. The largest absolute Gasteiger partial charge is 0.686 e. The van der Waals surface area contributed by atoms with Gasteiger partial charge in [0, 0.05) is 6.20 Å². The number of nitrogens with zero attached hydrogens (tertiary/aromatic N) is 2. The van der Waals surface area contributed by atoms with Crippen LogP contribution in [0.15, 0.2) is 36.5 Å². The van der Waals surface area contributed by atoms with Crippen LogP contribution in [0.2, 0.25) is 0 Å². The predicted octanol–water partition coefficient (Wildman–Crippen LogP) is 2.87. The first kappa shape index (κ1) is 7.10. The Labute approximate surface area is 71.2 Å². The Morgan fingerprint density at radius 1 is 1.25 bits per heavy atom. The number of hydrogen-bond acceptors (Lipinski definition) is 1. The molecular weight excluding hydrogens is 148 g/mol. The molecular formula is C10H9N2-. The molecule has 0 unspecified atom stereocenters. The summed E-state index contributed by atoms with van der Waals surface area (Å²) >= 11 is 0. The molecule has 2 rings (SSSR count). The third-order valence-corrected chi connectivity index (χ3v) is 1.83. The molecule has 1 aromatic carbocycles. The maximum Gasteiger partial charge on any atom is 0.0700 e. The van der Waals surface area contributed by atoms with Gasteiger partial charge in [-0.3, -0.25) is 4.98 Å². The average Bonchev–Trinajstić information content (AvgIpc) is 2.17. The first-order chi connectivity index (χ1) is 5.90. The van der Waals surface area contributed by atoms with Crippen molar-refractivity contribution < 1.29 is 0 Å². The Hall–Kier alpha value is -1.57. The number of aromatic nitrogens is 1. The lowest BCUT2D eigenvalue weighted by Crippen LogP contribution is -1.76. The summed E-state index contributed by atoms with van der Waals surface area (Å²) in [7, 11) is 1.77. The van der Waals surface area contributed by atoms with Crippen molar-refractivity contribution in [3.63, 3.8) is 0 Å². The van der Waals surface area contributed by atoms with Crippen molar-refractivity contribution in [2.75, 3.05) is 7.05 Å². The van der Waals surface area contributed by atoms with E-state index in [0.717, 1.165) is 16.6 Å². The lowest BCUT2D eigenvalue weighted by molar-refractivity contribution is 1.41. The normalized spacial score (nSPS) is 10.1. The zero-order valence-electron chi connectivity index (χ0n) is 6.86. The lowest BCUT2D eigenvalue weighted by Gasteiger charge is -2.12. The SMILES string of the molecule is C[N-]c1cnc2ccccc2c1. The Morgan fingerprint density at radius 3 is 2.92 bits per heavy atom. The topological polar surface area (TPSA) is 27.0 Å². The maximum absolute atomic E-state index is 4.26. The van der Waals surface area contributed by atoms with Gasteiger partial charge in [0.25, 0.3) is 0 Å². The second kappa shape index (κ2) is 2.81. The van der Waals surface area contributed by atoms with Crippen molar-refractivity contribution in [1.29, 1.82) is 0 Å². The minimum atomic E-state index is 0.925. The Kier molecular flexibility index (Phi) is 1.67. The average molecular weight is 157 g/mol. The summed E-state index contributed by atoms with van der Waals surface area (Å²) in [6.45, 7) is 0. The van der Waals surface area contributed by atoms with Gasteiger partial charge in [-0.25, -0.2) is 0 Å². The molecule has 2 aromatic rings. The number of hydrogen-bond donors (Lipinski definition) is 0. The highest BCUT2D eigenvalue weighted by Gasteiger charge is 1.89. The van der Waals surface area contributed by atoms with Gasteiger partial charge in [-0.15, -0.1) is 12.7 Å². The van der Waals surface area contributed by atoms with Crippen molar-refractivity contribution in [2.24, 2.45) is 0 Å². The molecule has 12 heavy (non-hydrogen) atoms. The number of benzene rings is 1. The second-order valence-electron chi connectivity index (χ2n) is 2.61. The van der Waals surface area contributed by atoms with Gasteiger partial charge in [0.05, 0.1) is 5.52 Å². The summed E-state index contributed by atoms with van der Waals surface area (Å²) in [6, 6.07) is 10.1. The van der Waals surface area contributed by atoms with Gasteiger partial charge >= 0.3 is 0 Å². The van der Waals surface area contributed by atoms with Gasteiger partial charge in [0.2, 0.25) is 0 Å². The van der Waals surface area contributed by atoms with Gasteiger partial charge in [-0.05, 0) is 11.5 Å². The molecule has 0 bridgehead atoms. The molecule has 0 N–H and O–H groups in total. The van der Waals surface area contributed by atoms with Crippen molar-refractivity contribution in [3.8, 4) is 0 Å². The molecule has 1 aromatic heterocycles. The maximum atomic E-state index is 4.26. The third kappa shape index (κ3) is 1.11. The summed E-state index contributed by atoms with van der Waals surface area (Å²) < 4.78 is 0. The van der Waals surface area contributed by atoms with Crippen LogP contribution in [-0.4, -0.2) is 12.0 Å². The molecule has 60 valence electrons. The minimum absolute atomic E-state index is 0.925. The first-order valence-electron chi connectivity index (χ1n) is 3.85. The Bertz CT molecular complexity index is 396. The molecule has 0 radical (unpaired) electrons. The van der Waals surface area contributed by atoms with Crippen LogP contribution in [-0.2, 0) is 0 Å². The smallest absolute Gasteiger partial charge is 0.0700 e. The van der Waals surface area contributed by atoms with Crippen LogP contribution >= 0.6 is 0 Å². The fourth-order valence-electron chi connectivity index (χ4n) is 1.18. The molecule has 0 amide bonds. The molecule has 0 atom stereocenters. The minimum Gasteiger partial charge on any atom is -0.686 e. The molecule has 0 fully saturated rings. The molecule has 2 heteroatoms. The first-order valence-corrected chi connectivity index (χ1v) is 3.85. The number of fused-ring (bicyclic) bond motifs is 1. The standard InChI is InChI=1S/C10H9N2/c1-11-9-6-8-4-2-3-5-10(8)12-7-9/h2-7H,1H3/q-1. The van der Waals surface area contributed by atoms with Crippen molar-refractivity contribution >= 4 is 16.6 Å². The summed E-state index contributed by atoms with van der Waals surface area (Å²) in [6.07, 6.45) is 1.78. The van der Waals surface area contributed by atoms with Gasteiger partial charge < -0.3 is 5.32 Å². The van der Waals surface area contributed by atoms with E-state index in [9.17, 15) is 0 Å². The molecule has 0 saturated heterocycles. The molecule has 0 aliphatic heterocycles. The zero-order valence-corrected chi connectivity index (χ0v) is 6.86. The van der Waals surface area contributed by atoms with Crippen LogP contribution < -0.4 is 0 Å². The van der Waals surface area contributed by atoms with E-state index >= 15 is 0 Å². The molecule has 0 spiro atoms. The number of rotatable bonds is 1. The van der Waals surface area contributed by atoms with Crippen LogP contribution in [0.3, 0.4) is 0 Å². The van der Waals surface area contributed by atoms with E-state index in [1.807, 2.05) is 30.3 Å². The highest BCUT2D eigenvalue weighted by Crippen LogP contribution is 2.19. The number of para-hydroxylation sites is 1. The summed E-state index contributed by atoms with van der Waals surface area (Å²) in [5, 5.41) is 5.20. The van der Waals surface area contributed by atoms with E-state index in [1.165, 1.54) is 0 Å².